The van der Waals surface area contributed by atoms with Crippen LogP contribution in [-0.4, -0.2) is 17.7 Å². The van der Waals surface area contributed by atoms with E-state index in [1.165, 1.54) is 28.2 Å². The number of para-hydroxylation sites is 2. The van der Waals surface area contributed by atoms with Gasteiger partial charge in [-0.3, -0.25) is 0 Å². The lowest BCUT2D eigenvalue weighted by atomic mass is 10.1. The van der Waals surface area contributed by atoms with Gasteiger partial charge in [0.15, 0.2) is 0 Å². The molecule has 0 aliphatic carbocycles. The van der Waals surface area contributed by atoms with E-state index in [1.54, 1.807) is 12.1 Å². The van der Waals surface area contributed by atoms with E-state index in [1.807, 2.05) is 6.07 Å². The highest BCUT2D eigenvalue weighted by atomic mass is 19.1. The fraction of sp³-hybridized carbons (Fsp3) is 0.300. The van der Waals surface area contributed by atoms with Crippen molar-refractivity contribution in [3.63, 3.8) is 0 Å². The third-order valence-corrected chi connectivity index (χ3v) is 4.79. The minimum absolute atomic E-state index is 0.189. The van der Waals surface area contributed by atoms with Gasteiger partial charge in [-0.25, -0.2) is 4.39 Å². The van der Waals surface area contributed by atoms with Crippen LogP contribution in [0.1, 0.15) is 17.7 Å². The van der Waals surface area contributed by atoms with Gasteiger partial charge in [0.25, 0.3) is 0 Å². The summed E-state index contributed by atoms with van der Waals surface area (Å²) in [6.45, 7) is 3.69. The standard InChI is InChI=1S/C20H22FN3/c21-17-7-2-3-8-18(17)23-11-5-13-24-19-9-4-1-6-15(19)16-10-12-22-14-20(16)24/h1-4,6-9,22-23H,5,10-14H2. The molecule has 0 saturated heterocycles. The highest BCUT2D eigenvalue weighted by Crippen LogP contribution is 2.28. The maximum absolute atomic E-state index is 13.6. The zero-order valence-electron chi connectivity index (χ0n) is 13.7. The van der Waals surface area contributed by atoms with Crippen molar-refractivity contribution in [2.24, 2.45) is 0 Å². The number of hydrogen-bond acceptors (Lipinski definition) is 2. The molecule has 0 fully saturated rings. The third kappa shape index (κ3) is 2.78. The van der Waals surface area contributed by atoms with Crippen molar-refractivity contribution < 1.29 is 4.39 Å². The second-order valence-corrected chi connectivity index (χ2v) is 6.28. The van der Waals surface area contributed by atoms with Gasteiger partial charge in [0, 0.05) is 36.2 Å². The summed E-state index contributed by atoms with van der Waals surface area (Å²) in [5.74, 6) is -0.189. The Balaban J connectivity index is 1.50. The van der Waals surface area contributed by atoms with Crippen LogP contribution in [0.5, 0.6) is 0 Å². The lowest BCUT2D eigenvalue weighted by Crippen LogP contribution is -2.25. The summed E-state index contributed by atoms with van der Waals surface area (Å²) in [7, 11) is 0. The first-order valence-corrected chi connectivity index (χ1v) is 8.62. The predicted octanol–water partition coefficient (Wildman–Crippen LogP) is 3.93. The summed E-state index contributed by atoms with van der Waals surface area (Å²) in [5, 5.41) is 8.06. The van der Waals surface area contributed by atoms with Crippen molar-refractivity contribution in [2.75, 3.05) is 18.4 Å². The van der Waals surface area contributed by atoms with Crippen LogP contribution in [0.2, 0.25) is 0 Å². The van der Waals surface area contributed by atoms with Crippen LogP contribution >= 0.6 is 0 Å². The molecule has 0 bridgehead atoms. The van der Waals surface area contributed by atoms with E-state index < -0.39 is 0 Å². The number of nitrogens with zero attached hydrogens (tertiary/aromatic N) is 1. The zero-order valence-corrected chi connectivity index (χ0v) is 13.7. The van der Waals surface area contributed by atoms with Crippen molar-refractivity contribution in [3.05, 3.63) is 65.6 Å². The van der Waals surface area contributed by atoms with Crippen LogP contribution < -0.4 is 10.6 Å². The van der Waals surface area contributed by atoms with Gasteiger partial charge in [0.05, 0.1) is 5.69 Å². The number of aromatic nitrogens is 1. The number of hydrogen-bond donors (Lipinski definition) is 2. The molecule has 0 radical (unpaired) electrons. The molecule has 2 heterocycles. The van der Waals surface area contributed by atoms with Crippen LogP contribution in [0.15, 0.2) is 48.5 Å². The summed E-state index contributed by atoms with van der Waals surface area (Å²) in [6.07, 6.45) is 2.05. The van der Waals surface area contributed by atoms with Gasteiger partial charge in [-0.1, -0.05) is 30.3 Å². The van der Waals surface area contributed by atoms with E-state index in [4.69, 9.17) is 0 Å². The second-order valence-electron chi connectivity index (χ2n) is 6.28. The lowest BCUT2D eigenvalue weighted by Gasteiger charge is -2.17. The zero-order chi connectivity index (χ0) is 16.4. The van der Waals surface area contributed by atoms with Crippen LogP contribution in [0, 0.1) is 5.82 Å². The quantitative estimate of drug-likeness (QED) is 0.697. The smallest absolute Gasteiger partial charge is 0.146 e. The molecule has 0 spiro atoms. The fourth-order valence-corrected chi connectivity index (χ4v) is 3.65. The van der Waals surface area contributed by atoms with Gasteiger partial charge >= 0.3 is 0 Å². The molecule has 0 unspecified atom stereocenters. The van der Waals surface area contributed by atoms with Crippen molar-refractivity contribution in [3.8, 4) is 0 Å². The molecule has 3 nitrogen and oxygen atoms in total. The van der Waals surface area contributed by atoms with Crippen molar-refractivity contribution in [1.82, 2.24) is 9.88 Å². The molecule has 0 atom stereocenters. The van der Waals surface area contributed by atoms with Crippen LogP contribution in [-0.2, 0) is 19.5 Å². The van der Waals surface area contributed by atoms with E-state index >= 15 is 0 Å². The Bertz CT molecular complexity index is 853. The van der Waals surface area contributed by atoms with E-state index in [9.17, 15) is 4.39 Å². The Morgan fingerprint density at radius 2 is 1.92 bits per heavy atom. The molecule has 2 aromatic carbocycles. The number of fused-ring (bicyclic) bond motifs is 3. The first kappa shape index (κ1) is 15.2. The molecule has 1 aliphatic heterocycles. The Morgan fingerprint density at radius 3 is 2.83 bits per heavy atom. The second kappa shape index (κ2) is 6.65. The number of nitrogens with one attached hydrogen (secondary N) is 2. The molecule has 2 N–H and O–H groups in total. The summed E-state index contributed by atoms with van der Waals surface area (Å²) in [6, 6.07) is 15.5. The SMILES string of the molecule is Fc1ccccc1NCCCn1c2c(c3ccccc31)CCNC2. The maximum Gasteiger partial charge on any atom is 0.146 e. The van der Waals surface area contributed by atoms with Crippen LogP contribution in [0.3, 0.4) is 0 Å². The van der Waals surface area contributed by atoms with Gasteiger partial charge < -0.3 is 15.2 Å². The normalized spacial score (nSPS) is 13.9. The van der Waals surface area contributed by atoms with Crippen molar-refractivity contribution >= 4 is 16.6 Å². The van der Waals surface area contributed by atoms with E-state index in [-0.39, 0.29) is 5.82 Å². The Kier molecular flexibility index (Phi) is 4.22. The van der Waals surface area contributed by atoms with Crippen molar-refractivity contribution in [1.29, 1.82) is 0 Å². The minimum atomic E-state index is -0.189. The molecule has 3 aromatic rings. The Hall–Kier alpha value is -2.33. The van der Waals surface area contributed by atoms with Crippen molar-refractivity contribution in [2.45, 2.75) is 25.9 Å². The molecule has 0 saturated carbocycles. The van der Waals surface area contributed by atoms with Crippen LogP contribution in [0.4, 0.5) is 10.1 Å². The van der Waals surface area contributed by atoms with E-state index in [0.717, 1.165) is 39.0 Å². The fourth-order valence-electron chi connectivity index (χ4n) is 3.65. The number of aryl methyl sites for hydroxylation is 1. The molecule has 24 heavy (non-hydrogen) atoms. The first-order chi connectivity index (χ1) is 11.8. The van der Waals surface area contributed by atoms with E-state index in [0.29, 0.717) is 5.69 Å². The average Bonchev–Trinajstić information content (AvgIpc) is 2.94. The minimum Gasteiger partial charge on any atom is -0.383 e. The van der Waals surface area contributed by atoms with Gasteiger partial charge in [-0.2, -0.15) is 0 Å². The molecule has 4 heteroatoms. The van der Waals surface area contributed by atoms with Gasteiger partial charge in [-0.05, 0) is 43.1 Å². The predicted molar refractivity (Wildman–Crippen MR) is 96.9 cm³/mol. The summed E-state index contributed by atoms with van der Waals surface area (Å²) < 4.78 is 16.1. The lowest BCUT2D eigenvalue weighted by molar-refractivity contribution is 0.575. The highest BCUT2D eigenvalue weighted by molar-refractivity contribution is 5.85. The maximum atomic E-state index is 13.6. The number of anilines is 1. The molecular weight excluding hydrogens is 301 g/mol. The van der Waals surface area contributed by atoms with Crippen LogP contribution in [0.25, 0.3) is 10.9 Å². The molecule has 1 aromatic heterocycles. The third-order valence-electron chi connectivity index (χ3n) is 4.79. The summed E-state index contributed by atoms with van der Waals surface area (Å²) in [4.78, 5) is 0. The Morgan fingerprint density at radius 1 is 1.08 bits per heavy atom. The molecule has 1 aliphatic rings. The average molecular weight is 323 g/mol. The van der Waals surface area contributed by atoms with E-state index in [2.05, 4.69) is 39.5 Å². The molecule has 4 rings (SSSR count). The van der Waals surface area contributed by atoms with Gasteiger partial charge in [-0.15, -0.1) is 0 Å². The van der Waals surface area contributed by atoms with Gasteiger partial charge in [0.2, 0.25) is 0 Å². The molecular formula is C20H22FN3. The first-order valence-electron chi connectivity index (χ1n) is 8.62. The number of rotatable bonds is 5. The summed E-state index contributed by atoms with van der Waals surface area (Å²) >= 11 is 0. The Labute approximate surface area is 141 Å². The largest absolute Gasteiger partial charge is 0.383 e. The topological polar surface area (TPSA) is 29.0 Å². The molecule has 0 amide bonds. The molecule has 124 valence electrons. The highest BCUT2D eigenvalue weighted by Gasteiger charge is 2.18. The monoisotopic (exact) mass is 323 g/mol. The number of benzene rings is 2. The summed E-state index contributed by atoms with van der Waals surface area (Å²) in [5.41, 5.74) is 4.80. The van der Waals surface area contributed by atoms with Gasteiger partial charge in [0.1, 0.15) is 5.82 Å². The number of halogens is 1.